The number of fused-ring (bicyclic) bond motifs is 1. The number of ether oxygens (including phenoxy) is 1. The number of nitriles is 1. The summed E-state index contributed by atoms with van der Waals surface area (Å²) in [4.78, 5) is 19.6. The minimum absolute atomic E-state index is 0.297. The van der Waals surface area contributed by atoms with E-state index in [9.17, 15) is 10.1 Å². The Labute approximate surface area is 258 Å². The van der Waals surface area contributed by atoms with Crippen LogP contribution in [-0.2, 0) is 4.74 Å². The Morgan fingerprint density at radius 2 is 1.98 bits per heavy atom. The highest BCUT2D eigenvalue weighted by Crippen LogP contribution is 2.26. The summed E-state index contributed by atoms with van der Waals surface area (Å²) >= 11 is 0. The lowest BCUT2D eigenvalue weighted by Crippen LogP contribution is -2.39. The van der Waals surface area contributed by atoms with Gasteiger partial charge in [0.15, 0.2) is 0 Å². The van der Waals surface area contributed by atoms with Crippen molar-refractivity contribution in [2.45, 2.75) is 80.3 Å². The van der Waals surface area contributed by atoms with Crippen LogP contribution in [0.25, 0.3) is 16.8 Å². The molecule has 0 fully saturated rings. The molecular weight excluding hydrogens is 532 g/mol. The predicted octanol–water partition coefficient (Wildman–Crippen LogP) is 8.04. The number of allylic oxidation sites excluding steroid dienone is 10. The van der Waals surface area contributed by atoms with Crippen molar-refractivity contribution < 1.29 is 9.53 Å². The molecule has 0 unspecified atom stereocenters. The predicted molar refractivity (Wildman–Crippen MR) is 179 cm³/mol. The molecule has 1 aromatic rings. The molecule has 0 bridgehead atoms. The fourth-order valence-electron chi connectivity index (χ4n) is 4.97. The molecule has 6 nitrogen and oxygen atoms in total. The number of aromatic nitrogens is 1. The SMILES string of the molecule is C=C=C(/C=C(C#N)\C=C/C)n1cc(/C(=C\C)CC)c2c1=NC=CC(=C)C=2C(=C)CCCN(CC(C)C)C(=O)OC(C)(C)C. The van der Waals surface area contributed by atoms with Crippen molar-refractivity contribution in [1.29, 1.82) is 5.26 Å². The monoisotopic (exact) mass is 580 g/mol. The van der Waals surface area contributed by atoms with Crippen molar-refractivity contribution >= 4 is 22.9 Å². The fourth-order valence-corrected chi connectivity index (χ4v) is 4.97. The van der Waals surface area contributed by atoms with Gasteiger partial charge in [0, 0.05) is 36.3 Å². The van der Waals surface area contributed by atoms with Gasteiger partial charge >= 0.3 is 6.09 Å². The lowest BCUT2D eigenvalue weighted by Gasteiger charge is -2.28. The quantitative estimate of drug-likeness (QED) is 0.143. The average molecular weight is 581 g/mol. The third-order valence-corrected chi connectivity index (χ3v) is 6.80. The van der Waals surface area contributed by atoms with Crippen LogP contribution in [0.2, 0.25) is 0 Å². The van der Waals surface area contributed by atoms with E-state index in [1.807, 2.05) is 57.5 Å². The van der Waals surface area contributed by atoms with E-state index in [-0.39, 0.29) is 6.09 Å². The Morgan fingerprint density at radius 1 is 1.28 bits per heavy atom. The number of nitrogens with zero attached hydrogens (tertiary/aromatic N) is 4. The van der Waals surface area contributed by atoms with E-state index in [1.54, 1.807) is 23.3 Å². The zero-order valence-corrected chi connectivity index (χ0v) is 27.4. The molecule has 43 heavy (non-hydrogen) atoms. The minimum atomic E-state index is -0.557. The van der Waals surface area contributed by atoms with Crippen LogP contribution < -0.4 is 10.7 Å². The van der Waals surface area contributed by atoms with Crippen LogP contribution in [0.1, 0.15) is 80.2 Å². The summed E-state index contributed by atoms with van der Waals surface area (Å²) in [5, 5.41) is 10.6. The number of carbonyl (C=O) groups excluding carboxylic acids is 1. The van der Waals surface area contributed by atoms with Crippen molar-refractivity contribution in [1.82, 2.24) is 9.47 Å². The van der Waals surface area contributed by atoms with E-state index in [1.165, 1.54) is 0 Å². The van der Waals surface area contributed by atoms with Crippen LogP contribution >= 0.6 is 0 Å². The van der Waals surface area contributed by atoms with Gasteiger partial charge in [-0.2, -0.15) is 5.26 Å². The summed E-state index contributed by atoms with van der Waals surface area (Å²) in [5.41, 5.74) is 9.08. The number of amides is 1. The summed E-state index contributed by atoms with van der Waals surface area (Å²) in [6.45, 7) is 29.8. The highest BCUT2D eigenvalue weighted by Gasteiger charge is 2.23. The van der Waals surface area contributed by atoms with Crippen molar-refractivity contribution in [2.75, 3.05) is 13.1 Å². The molecule has 2 rings (SSSR count). The van der Waals surface area contributed by atoms with Crippen molar-refractivity contribution in [3.8, 4) is 6.07 Å². The highest BCUT2D eigenvalue weighted by molar-refractivity contribution is 5.83. The smallest absolute Gasteiger partial charge is 0.410 e. The maximum atomic E-state index is 12.9. The van der Waals surface area contributed by atoms with Gasteiger partial charge in [-0.3, -0.25) is 4.57 Å². The molecule has 0 saturated carbocycles. The highest BCUT2D eigenvalue weighted by atomic mass is 16.6. The van der Waals surface area contributed by atoms with Gasteiger partial charge in [-0.1, -0.05) is 52.7 Å². The molecule has 0 radical (unpaired) electrons. The molecule has 0 spiro atoms. The zero-order valence-electron chi connectivity index (χ0n) is 27.4. The van der Waals surface area contributed by atoms with Crippen LogP contribution in [0.3, 0.4) is 0 Å². The van der Waals surface area contributed by atoms with Crippen molar-refractivity contribution in [3.63, 3.8) is 0 Å². The average Bonchev–Trinajstić information content (AvgIpc) is 3.18. The third-order valence-electron chi connectivity index (χ3n) is 6.80. The molecule has 1 aromatic heterocycles. The lowest BCUT2D eigenvalue weighted by molar-refractivity contribution is 0.0226. The van der Waals surface area contributed by atoms with Crippen LogP contribution in [0.4, 0.5) is 4.79 Å². The van der Waals surface area contributed by atoms with Gasteiger partial charge in [-0.25, -0.2) is 9.79 Å². The second-order valence-electron chi connectivity index (χ2n) is 11.9. The minimum Gasteiger partial charge on any atom is -0.444 e. The fraction of sp³-hybridized carbons (Fsp3) is 0.405. The van der Waals surface area contributed by atoms with E-state index in [4.69, 9.17) is 9.73 Å². The molecule has 0 aromatic carbocycles. The Kier molecular flexibility index (Phi) is 12.8. The van der Waals surface area contributed by atoms with Crippen LogP contribution in [0.5, 0.6) is 0 Å². The molecule has 0 atom stereocenters. The van der Waals surface area contributed by atoms with E-state index in [0.29, 0.717) is 48.6 Å². The van der Waals surface area contributed by atoms with Crippen LogP contribution in [-0.4, -0.2) is 34.3 Å². The van der Waals surface area contributed by atoms with Gasteiger partial charge in [0.2, 0.25) is 0 Å². The number of hydrogen-bond donors (Lipinski definition) is 0. The van der Waals surface area contributed by atoms with E-state index in [2.05, 4.69) is 58.4 Å². The van der Waals surface area contributed by atoms with Crippen molar-refractivity contribution in [3.05, 3.63) is 101 Å². The molecule has 6 heteroatoms. The maximum Gasteiger partial charge on any atom is 0.410 e. The largest absolute Gasteiger partial charge is 0.444 e. The molecule has 1 aliphatic heterocycles. The summed E-state index contributed by atoms with van der Waals surface area (Å²) < 4.78 is 7.61. The molecule has 228 valence electrons. The summed E-state index contributed by atoms with van der Waals surface area (Å²) in [6.07, 6.45) is 15.0. The van der Waals surface area contributed by atoms with Gasteiger partial charge in [-0.05, 0) is 100 Å². The topological polar surface area (TPSA) is 70.6 Å². The molecule has 1 amide bonds. The number of rotatable bonds is 12. The Bertz CT molecular complexity index is 1570. The second-order valence-corrected chi connectivity index (χ2v) is 11.9. The van der Waals surface area contributed by atoms with Gasteiger partial charge in [0.05, 0.1) is 17.3 Å². The third kappa shape index (κ3) is 9.33. The Morgan fingerprint density at radius 3 is 2.51 bits per heavy atom. The molecular formula is C37H48N4O2. The van der Waals surface area contributed by atoms with E-state index in [0.717, 1.165) is 39.5 Å². The summed E-state index contributed by atoms with van der Waals surface area (Å²) in [7, 11) is 0. The lowest BCUT2D eigenvalue weighted by atomic mass is 9.92. The molecule has 0 aliphatic carbocycles. The van der Waals surface area contributed by atoms with Crippen LogP contribution in [0.15, 0.2) is 90.0 Å². The van der Waals surface area contributed by atoms with Gasteiger partial charge in [-0.15, -0.1) is 5.73 Å². The second kappa shape index (κ2) is 15.8. The first-order valence-electron chi connectivity index (χ1n) is 15.0. The first-order valence-corrected chi connectivity index (χ1v) is 15.0. The summed E-state index contributed by atoms with van der Waals surface area (Å²) in [5.74, 6) is 0.312. The number of hydrogen-bond acceptors (Lipinski definition) is 4. The number of carbonyl (C=O) groups is 1. The van der Waals surface area contributed by atoms with Crippen molar-refractivity contribution in [2.24, 2.45) is 10.9 Å². The Hall–Kier alpha value is -4.33. The standard InChI is InChI=1S/C37H48N4O2/c1-12-17-29(23-38)22-31(15-4)41-25-32(30(13-2)14-3)34-33(28(8)19-20-39-35(34)41)27(7)18-16-21-40(24-26(5)6)36(42)43-37(9,10)11/h12-13,17,19-20,22,25-26H,4,7-8,14,16,18,21,24H2,1-3,5-6,9-11H3/b17-12-,29-22+,30-13-. The van der Waals surface area contributed by atoms with E-state index >= 15 is 0 Å². The Balaban J connectivity index is 2.68. The molecule has 1 aliphatic rings. The zero-order chi connectivity index (χ0) is 32.3. The van der Waals surface area contributed by atoms with Crippen LogP contribution in [0, 0.1) is 17.2 Å². The molecule has 0 saturated heterocycles. The first kappa shape index (κ1) is 34.9. The maximum absolute atomic E-state index is 12.9. The van der Waals surface area contributed by atoms with Gasteiger partial charge in [0.25, 0.3) is 0 Å². The molecule has 2 heterocycles. The normalized spacial score (nSPS) is 13.8. The van der Waals surface area contributed by atoms with E-state index < -0.39 is 5.60 Å². The first-order chi connectivity index (χ1) is 20.3. The molecule has 0 N–H and O–H groups in total. The summed E-state index contributed by atoms with van der Waals surface area (Å²) in [6, 6.07) is 2.23. The van der Waals surface area contributed by atoms with Gasteiger partial charge in [0.1, 0.15) is 11.1 Å². The van der Waals surface area contributed by atoms with Gasteiger partial charge < -0.3 is 9.64 Å².